The SMILES string of the molecule is CCC(C)(NC(=O)C(C)CCCC(C)N)C(=O)O. The number of rotatable bonds is 8. The molecule has 0 aromatic carbocycles. The van der Waals surface area contributed by atoms with Gasteiger partial charge in [0.2, 0.25) is 5.91 Å². The predicted molar refractivity (Wildman–Crippen MR) is 71.1 cm³/mol. The maximum Gasteiger partial charge on any atom is 0.329 e. The Morgan fingerprint density at radius 3 is 2.28 bits per heavy atom. The lowest BCUT2D eigenvalue weighted by atomic mass is 9.96. The molecule has 1 amide bonds. The summed E-state index contributed by atoms with van der Waals surface area (Å²) < 4.78 is 0. The highest BCUT2D eigenvalue weighted by Gasteiger charge is 2.33. The Balaban J connectivity index is 4.26. The Kier molecular flexibility index (Phi) is 6.91. The second kappa shape index (κ2) is 7.36. The molecule has 0 aromatic heterocycles. The molecular weight excluding hydrogens is 232 g/mol. The zero-order valence-corrected chi connectivity index (χ0v) is 11.8. The van der Waals surface area contributed by atoms with E-state index >= 15 is 0 Å². The highest BCUT2D eigenvalue weighted by atomic mass is 16.4. The van der Waals surface area contributed by atoms with E-state index in [0.29, 0.717) is 6.42 Å². The highest BCUT2D eigenvalue weighted by molar-refractivity contribution is 5.87. The number of hydrogen-bond acceptors (Lipinski definition) is 3. The molecule has 0 aliphatic heterocycles. The summed E-state index contributed by atoms with van der Waals surface area (Å²) in [6.45, 7) is 7.02. The fourth-order valence-corrected chi connectivity index (χ4v) is 1.57. The van der Waals surface area contributed by atoms with Gasteiger partial charge in [-0.3, -0.25) is 4.79 Å². The van der Waals surface area contributed by atoms with Gasteiger partial charge in [-0.1, -0.05) is 20.3 Å². The van der Waals surface area contributed by atoms with Gasteiger partial charge in [-0.25, -0.2) is 4.79 Å². The molecule has 0 bridgehead atoms. The summed E-state index contributed by atoms with van der Waals surface area (Å²) in [5.41, 5.74) is 4.47. The van der Waals surface area contributed by atoms with E-state index < -0.39 is 11.5 Å². The Morgan fingerprint density at radius 1 is 1.33 bits per heavy atom. The highest BCUT2D eigenvalue weighted by Crippen LogP contribution is 2.14. The van der Waals surface area contributed by atoms with E-state index in [1.54, 1.807) is 6.92 Å². The monoisotopic (exact) mass is 258 g/mol. The average molecular weight is 258 g/mol. The molecule has 0 fully saturated rings. The van der Waals surface area contributed by atoms with E-state index in [9.17, 15) is 9.59 Å². The van der Waals surface area contributed by atoms with Crippen LogP contribution in [0.3, 0.4) is 0 Å². The van der Waals surface area contributed by atoms with Crippen molar-refractivity contribution in [2.24, 2.45) is 11.7 Å². The van der Waals surface area contributed by atoms with E-state index in [0.717, 1.165) is 19.3 Å². The average Bonchev–Trinajstić information content (AvgIpc) is 2.27. The van der Waals surface area contributed by atoms with Gasteiger partial charge in [-0.15, -0.1) is 0 Å². The van der Waals surface area contributed by atoms with Crippen LogP contribution in [0.25, 0.3) is 0 Å². The van der Waals surface area contributed by atoms with E-state index in [1.807, 2.05) is 13.8 Å². The van der Waals surface area contributed by atoms with Crippen molar-refractivity contribution in [2.45, 2.75) is 65.0 Å². The fraction of sp³-hybridized carbons (Fsp3) is 0.846. The molecule has 5 nitrogen and oxygen atoms in total. The summed E-state index contributed by atoms with van der Waals surface area (Å²) in [5.74, 6) is -1.39. The van der Waals surface area contributed by atoms with Crippen LogP contribution in [0, 0.1) is 5.92 Å². The third kappa shape index (κ3) is 5.49. The lowest BCUT2D eigenvalue weighted by Gasteiger charge is -2.26. The van der Waals surface area contributed by atoms with Crippen LogP contribution in [0.2, 0.25) is 0 Å². The van der Waals surface area contributed by atoms with Crippen LogP contribution in [0.1, 0.15) is 53.4 Å². The van der Waals surface area contributed by atoms with E-state index in [4.69, 9.17) is 10.8 Å². The number of nitrogens with one attached hydrogen (secondary N) is 1. The molecule has 0 saturated carbocycles. The molecule has 3 atom stereocenters. The molecule has 0 aliphatic carbocycles. The lowest BCUT2D eigenvalue weighted by Crippen LogP contribution is -2.53. The topological polar surface area (TPSA) is 92.4 Å². The quantitative estimate of drug-likeness (QED) is 0.615. The number of carboxylic acid groups (broad SMARTS) is 1. The van der Waals surface area contributed by atoms with Crippen LogP contribution >= 0.6 is 0 Å². The standard InChI is InChI=1S/C13H26N2O3/c1-5-13(4,12(17)18)15-11(16)9(2)7-6-8-10(3)14/h9-10H,5-8,14H2,1-4H3,(H,15,16)(H,17,18). The summed E-state index contributed by atoms with van der Waals surface area (Å²) in [5, 5.41) is 11.7. The molecule has 0 spiro atoms. The van der Waals surface area contributed by atoms with E-state index in [1.165, 1.54) is 6.92 Å². The molecule has 3 unspecified atom stereocenters. The van der Waals surface area contributed by atoms with E-state index in [-0.39, 0.29) is 17.9 Å². The molecule has 0 rings (SSSR count). The van der Waals surface area contributed by atoms with Crippen molar-refractivity contribution in [3.63, 3.8) is 0 Å². The summed E-state index contributed by atoms with van der Waals surface area (Å²) >= 11 is 0. The van der Waals surface area contributed by atoms with Crippen LogP contribution in [0.5, 0.6) is 0 Å². The van der Waals surface area contributed by atoms with Gasteiger partial charge in [0.05, 0.1) is 0 Å². The van der Waals surface area contributed by atoms with Crippen molar-refractivity contribution < 1.29 is 14.7 Å². The molecule has 5 heteroatoms. The normalized spacial score (nSPS) is 17.6. The summed E-state index contributed by atoms with van der Waals surface area (Å²) in [6.07, 6.45) is 2.84. The van der Waals surface area contributed by atoms with Crippen LogP contribution < -0.4 is 11.1 Å². The summed E-state index contributed by atoms with van der Waals surface area (Å²) in [6, 6.07) is 0.139. The molecule has 0 saturated heterocycles. The zero-order valence-electron chi connectivity index (χ0n) is 11.8. The van der Waals surface area contributed by atoms with Crippen LogP contribution in [0.4, 0.5) is 0 Å². The molecule has 0 heterocycles. The largest absolute Gasteiger partial charge is 0.480 e. The van der Waals surface area contributed by atoms with Gasteiger partial charge >= 0.3 is 5.97 Å². The Labute approximate surface area is 109 Å². The molecule has 0 aliphatic rings. The zero-order chi connectivity index (χ0) is 14.3. The Bertz CT molecular complexity index is 292. The number of amides is 1. The van der Waals surface area contributed by atoms with Crippen molar-refractivity contribution in [1.82, 2.24) is 5.32 Å². The first-order valence-electron chi connectivity index (χ1n) is 6.54. The van der Waals surface area contributed by atoms with Gasteiger partial charge in [0, 0.05) is 12.0 Å². The van der Waals surface area contributed by atoms with Gasteiger partial charge in [-0.05, 0) is 33.1 Å². The third-order valence-electron chi connectivity index (χ3n) is 3.32. The smallest absolute Gasteiger partial charge is 0.329 e. The van der Waals surface area contributed by atoms with Crippen LogP contribution in [-0.2, 0) is 9.59 Å². The first-order chi connectivity index (χ1) is 8.23. The molecule has 0 radical (unpaired) electrons. The minimum absolute atomic E-state index is 0.139. The number of hydrogen-bond donors (Lipinski definition) is 3. The van der Waals surface area contributed by atoms with Gasteiger partial charge in [0.25, 0.3) is 0 Å². The Hall–Kier alpha value is -1.10. The van der Waals surface area contributed by atoms with Crippen molar-refractivity contribution in [3.8, 4) is 0 Å². The molecule has 18 heavy (non-hydrogen) atoms. The molecule has 106 valence electrons. The first-order valence-corrected chi connectivity index (χ1v) is 6.54. The maximum absolute atomic E-state index is 11.9. The summed E-state index contributed by atoms with van der Waals surface area (Å²) in [7, 11) is 0. The van der Waals surface area contributed by atoms with Crippen LogP contribution in [-0.4, -0.2) is 28.6 Å². The maximum atomic E-state index is 11.9. The lowest BCUT2D eigenvalue weighted by molar-refractivity contribution is -0.147. The molecule has 4 N–H and O–H groups in total. The van der Waals surface area contributed by atoms with Gasteiger partial charge in [0.1, 0.15) is 5.54 Å². The minimum atomic E-state index is -1.17. The van der Waals surface area contributed by atoms with Gasteiger partial charge in [0.15, 0.2) is 0 Å². The third-order valence-corrected chi connectivity index (χ3v) is 3.32. The second-order valence-electron chi connectivity index (χ2n) is 5.29. The Morgan fingerprint density at radius 2 is 1.89 bits per heavy atom. The number of carbonyl (C=O) groups is 2. The fourth-order valence-electron chi connectivity index (χ4n) is 1.57. The minimum Gasteiger partial charge on any atom is -0.480 e. The number of carbonyl (C=O) groups excluding carboxylic acids is 1. The van der Waals surface area contributed by atoms with Crippen molar-refractivity contribution in [2.75, 3.05) is 0 Å². The number of aliphatic carboxylic acids is 1. The predicted octanol–water partition coefficient (Wildman–Crippen LogP) is 1.51. The molecule has 0 aromatic rings. The number of carboxylic acids is 1. The van der Waals surface area contributed by atoms with Crippen molar-refractivity contribution in [3.05, 3.63) is 0 Å². The number of nitrogens with two attached hydrogens (primary N) is 1. The first kappa shape index (κ1) is 16.9. The van der Waals surface area contributed by atoms with Crippen molar-refractivity contribution in [1.29, 1.82) is 0 Å². The summed E-state index contributed by atoms with van der Waals surface area (Å²) in [4.78, 5) is 23.0. The second-order valence-corrected chi connectivity index (χ2v) is 5.29. The molecular formula is C13H26N2O3. The van der Waals surface area contributed by atoms with E-state index in [2.05, 4.69) is 5.32 Å². The van der Waals surface area contributed by atoms with Crippen LogP contribution in [0.15, 0.2) is 0 Å². The van der Waals surface area contributed by atoms with Gasteiger partial charge in [-0.2, -0.15) is 0 Å². The van der Waals surface area contributed by atoms with Crippen molar-refractivity contribution >= 4 is 11.9 Å². The van der Waals surface area contributed by atoms with Gasteiger partial charge < -0.3 is 16.2 Å².